The van der Waals surface area contributed by atoms with Gasteiger partial charge in [-0.25, -0.2) is 8.42 Å². The van der Waals surface area contributed by atoms with Gasteiger partial charge in [-0.15, -0.1) is 0 Å². The van der Waals surface area contributed by atoms with E-state index in [1.54, 1.807) is 19.2 Å². The van der Waals surface area contributed by atoms with Gasteiger partial charge in [-0.2, -0.15) is 0 Å². The first-order valence-corrected chi connectivity index (χ1v) is 10.7. The molecule has 1 aromatic rings. The minimum Gasteiger partial charge on any atom is -0.381 e. The number of sulfone groups is 1. The van der Waals surface area contributed by atoms with Crippen LogP contribution in [0.25, 0.3) is 0 Å². The summed E-state index contributed by atoms with van der Waals surface area (Å²) in [5, 5.41) is 6.53. The Morgan fingerprint density at radius 3 is 2.48 bits per heavy atom. The molecule has 1 aliphatic carbocycles. The fourth-order valence-electron chi connectivity index (χ4n) is 2.36. The number of hydrogen-bond donors (Lipinski definition) is 2. The summed E-state index contributed by atoms with van der Waals surface area (Å²) >= 11 is 0. The van der Waals surface area contributed by atoms with Gasteiger partial charge in [0.05, 0.1) is 4.90 Å². The molecule has 0 amide bonds. The van der Waals surface area contributed by atoms with Crippen LogP contribution in [0.2, 0.25) is 0 Å². The number of nitrogens with one attached hydrogen (secondary N) is 2. The Balaban J connectivity index is 1.59. The fourth-order valence-corrected chi connectivity index (χ4v) is 3.00. The van der Waals surface area contributed by atoms with Gasteiger partial charge in [-0.1, -0.05) is 12.1 Å². The molecular formula is C18H29N3O3S. The van der Waals surface area contributed by atoms with Crippen LogP contribution in [0.3, 0.4) is 0 Å². The lowest BCUT2D eigenvalue weighted by molar-refractivity contribution is 0.123. The number of hydrogen-bond acceptors (Lipinski definition) is 4. The first kappa shape index (κ1) is 19.7. The molecule has 0 atom stereocenters. The van der Waals surface area contributed by atoms with Crippen LogP contribution in [0.4, 0.5) is 0 Å². The maximum absolute atomic E-state index is 11.4. The average molecular weight is 368 g/mol. The van der Waals surface area contributed by atoms with Crippen molar-refractivity contribution < 1.29 is 13.2 Å². The van der Waals surface area contributed by atoms with Gasteiger partial charge < -0.3 is 15.4 Å². The van der Waals surface area contributed by atoms with Crippen molar-refractivity contribution in [2.45, 2.75) is 30.6 Å². The molecule has 7 heteroatoms. The standard InChI is InChI=1S/C18H29N3O3S/c1-19-18(20-11-3-13-24-14-16-4-5-16)21-12-10-15-6-8-17(9-7-15)25(2,22)23/h6-9,16H,3-5,10-14H2,1-2H3,(H2,19,20,21). The average Bonchev–Trinajstić information content (AvgIpc) is 3.40. The van der Waals surface area contributed by atoms with Crippen molar-refractivity contribution in [1.29, 1.82) is 0 Å². The summed E-state index contributed by atoms with van der Waals surface area (Å²) in [7, 11) is -1.38. The normalized spacial score (nSPS) is 15.2. The zero-order chi connectivity index (χ0) is 18.1. The Labute approximate surface area is 151 Å². The Bertz CT molecular complexity index is 653. The summed E-state index contributed by atoms with van der Waals surface area (Å²) in [6.07, 6.45) is 5.63. The topological polar surface area (TPSA) is 79.8 Å². The van der Waals surface area contributed by atoms with Crippen molar-refractivity contribution in [3.63, 3.8) is 0 Å². The lowest BCUT2D eigenvalue weighted by atomic mass is 10.1. The van der Waals surface area contributed by atoms with E-state index < -0.39 is 9.84 Å². The van der Waals surface area contributed by atoms with Crippen LogP contribution in [0.5, 0.6) is 0 Å². The van der Waals surface area contributed by atoms with E-state index in [2.05, 4.69) is 15.6 Å². The predicted octanol–water partition coefficient (Wildman–Crippen LogP) is 1.61. The van der Waals surface area contributed by atoms with E-state index in [1.165, 1.54) is 19.1 Å². The highest BCUT2D eigenvalue weighted by Crippen LogP contribution is 2.28. The zero-order valence-corrected chi connectivity index (χ0v) is 15.9. The molecule has 1 aromatic carbocycles. The van der Waals surface area contributed by atoms with E-state index in [1.807, 2.05) is 12.1 Å². The van der Waals surface area contributed by atoms with Gasteiger partial charge in [0.15, 0.2) is 15.8 Å². The van der Waals surface area contributed by atoms with Crippen LogP contribution >= 0.6 is 0 Å². The molecule has 0 heterocycles. The zero-order valence-electron chi connectivity index (χ0n) is 15.1. The van der Waals surface area contributed by atoms with E-state index in [0.717, 1.165) is 56.6 Å². The summed E-state index contributed by atoms with van der Waals surface area (Å²) in [5.74, 6) is 1.59. The van der Waals surface area contributed by atoms with Gasteiger partial charge in [0.25, 0.3) is 0 Å². The molecule has 2 rings (SSSR count). The lowest BCUT2D eigenvalue weighted by Gasteiger charge is -2.12. The Morgan fingerprint density at radius 2 is 1.88 bits per heavy atom. The lowest BCUT2D eigenvalue weighted by Crippen LogP contribution is -2.39. The quantitative estimate of drug-likeness (QED) is 0.373. The van der Waals surface area contributed by atoms with Crippen LogP contribution in [0.15, 0.2) is 34.2 Å². The van der Waals surface area contributed by atoms with Crippen molar-refractivity contribution in [2.75, 3.05) is 39.6 Å². The van der Waals surface area contributed by atoms with Crippen molar-refractivity contribution in [2.24, 2.45) is 10.9 Å². The summed E-state index contributed by atoms with van der Waals surface area (Å²) in [6, 6.07) is 7.01. The second kappa shape index (κ2) is 9.77. The molecule has 0 aromatic heterocycles. The molecule has 0 aliphatic heterocycles. The SMILES string of the molecule is CN=C(NCCCOCC1CC1)NCCc1ccc(S(C)(=O)=O)cc1. The molecule has 0 spiro atoms. The van der Waals surface area contributed by atoms with Crippen molar-refractivity contribution >= 4 is 15.8 Å². The molecule has 25 heavy (non-hydrogen) atoms. The smallest absolute Gasteiger partial charge is 0.190 e. The second-order valence-corrected chi connectivity index (χ2v) is 8.48. The number of nitrogens with zero attached hydrogens (tertiary/aromatic N) is 1. The molecular weight excluding hydrogens is 338 g/mol. The Morgan fingerprint density at radius 1 is 1.20 bits per heavy atom. The minimum absolute atomic E-state index is 0.352. The first-order valence-electron chi connectivity index (χ1n) is 8.80. The highest BCUT2D eigenvalue weighted by atomic mass is 32.2. The van der Waals surface area contributed by atoms with Gasteiger partial charge in [0.2, 0.25) is 0 Å². The van der Waals surface area contributed by atoms with Crippen LogP contribution in [-0.4, -0.2) is 54.0 Å². The van der Waals surface area contributed by atoms with Gasteiger partial charge >= 0.3 is 0 Å². The number of guanidine groups is 1. The predicted molar refractivity (Wildman–Crippen MR) is 101 cm³/mol. The summed E-state index contributed by atoms with van der Waals surface area (Å²) in [5.41, 5.74) is 1.09. The third-order valence-corrected chi connectivity index (χ3v) is 5.22. The molecule has 0 saturated heterocycles. The molecule has 6 nitrogen and oxygen atoms in total. The third-order valence-electron chi connectivity index (χ3n) is 4.09. The van der Waals surface area contributed by atoms with Gasteiger partial charge in [-0.3, -0.25) is 4.99 Å². The number of aliphatic imine (C=N–C) groups is 1. The summed E-state index contributed by atoms with van der Waals surface area (Å²) in [6.45, 7) is 3.25. The number of rotatable bonds is 10. The van der Waals surface area contributed by atoms with Gasteiger partial charge in [-0.05, 0) is 49.3 Å². The minimum atomic E-state index is -3.13. The molecule has 1 saturated carbocycles. The highest BCUT2D eigenvalue weighted by molar-refractivity contribution is 7.90. The van der Waals surface area contributed by atoms with Crippen LogP contribution in [-0.2, 0) is 21.0 Å². The Kier molecular flexibility index (Phi) is 7.71. The molecule has 0 bridgehead atoms. The molecule has 0 unspecified atom stereocenters. The number of ether oxygens (including phenoxy) is 1. The molecule has 140 valence electrons. The van der Waals surface area contributed by atoms with Crippen LogP contribution in [0, 0.1) is 5.92 Å². The summed E-state index contributed by atoms with van der Waals surface area (Å²) < 4.78 is 28.5. The van der Waals surface area contributed by atoms with E-state index in [9.17, 15) is 8.42 Å². The Hall–Kier alpha value is -1.60. The van der Waals surface area contributed by atoms with E-state index in [-0.39, 0.29) is 0 Å². The monoisotopic (exact) mass is 367 g/mol. The molecule has 0 radical (unpaired) electrons. The van der Waals surface area contributed by atoms with Crippen molar-refractivity contribution in [3.05, 3.63) is 29.8 Å². The molecule has 1 aliphatic rings. The van der Waals surface area contributed by atoms with Gasteiger partial charge in [0.1, 0.15) is 0 Å². The van der Waals surface area contributed by atoms with Crippen molar-refractivity contribution in [1.82, 2.24) is 10.6 Å². The number of benzene rings is 1. The van der Waals surface area contributed by atoms with Crippen molar-refractivity contribution in [3.8, 4) is 0 Å². The highest BCUT2D eigenvalue weighted by Gasteiger charge is 2.20. The van der Waals surface area contributed by atoms with E-state index in [4.69, 9.17) is 4.74 Å². The maximum Gasteiger partial charge on any atom is 0.190 e. The first-order chi connectivity index (χ1) is 12.0. The van der Waals surface area contributed by atoms with Gasteiger partial charge in [0, 0.05) is 39.6 Å². The van der Waals surface area contributed by atoms with Crippen LogP contribution in [0.1, 0.15) is 24.8 Å². The fraction of sp³-hybridized carbons (Fsp3) is 0.611. The van der Waals surface area contributed by atoms with E-state index in [0.29, 0.717) is 4.90 Å². The summed E-state index contributed by atoms with van der Waals surface area (Å²) in [4.78, 5) is 4.55. The molecule has 2 N–H and O–H groups in total. The maximum atomic E-state index is 11.4. The molecule has 1 fully saturated rings. The second-order valence-electron chi connectivity index (χ2n) is 6.46. The van der Waals surface area contributed by atoms with Crippen LogP contribution < -0.4 is 10.6 Å². The largest absolute Gasteiger partial charge is 0.381 e. The third kappa shape index (κ3) is 7.88. The van der Waals surface area contributed by atoms with E-state index >= 15 is 0 Å².